The summed E-state index contributed by atoms with van der Waals surface area (Å²) in [6, 6.07) is 0. The van der Waals surface area contributed by atoms with Crippen molar-refractivity contribution in [2.45, 2.75) is 61.7 Å². The maximum absolute atomic E-state index is 9.83. The number of aliphatic hydroxyl groups excluding tert-OH is 7. The maximum Gasteiger partial charge on any atom is 0.189 e. The lowest BCUT2D eigenvalue weighted by atomic mass is 9.99. The molecule has 0 aromatic carbocycles. The van der Waals surface area contributed by atoms with Crippen molar-refractivity contribution in [3.05, 3.63) is 0 Å². The summed E-state index contributed by atoms with van der Waals surface area (Å²) in [6.07, 6.45) is -12.1. The van der Waals surface area contributed by atoms with E-state index in [-0.39, 0.29) is 6.42 Å². The van der Waals surface area contributed by atoms with Crippen LogP contribution in [0.5, 0.6) is 0 Å². The van der Waals surface area contributed by atoms with E-state index in [4.69, 9.17) is 24.4 Å². The summed E-state index contributed by atoms with van der Waals surface area (Å²) in [5.74, 6) is 0. The molecule has 22 heavy (non-hydrogen) atoms. The molecule has 2 rings (SSSR count). The number of hydrogen-bond acceptors (Lipinski definition) is 10. The third kappa shape index (κ3) is 3.57. The van der Waals surface area contributed by atoms with Gasteiger partial charge in [0.2, 0.25) is 0 Å². The van der Waals surface area contributed by atoms with Crippen molar-refractivity contribution < 1.29 is 50.0 Å². The standard InChI is InChI=1S/C12H22O10/c13-2-5-8(16)4(15)1-7(20-5)22-12-11(19)10(18)9(17)6(3-14)21-12/h4-19H,1-3H2/t4?,5?,6?,7-,8+,9-,10?,11?,12-/m1/s1. The molecule has 2 heterocycles. The minimum absolute atomic E-state index is 0.146. The van der Waals surface area contributed by atoms with Gasteiger partial charge in [-0.1, -0.05) is 0 Å². The molecule has 7 N–H and O–H groups in total. The smallest absolute Gasteiger partial charge is 0.189 e. The highest BCUT2D eigenvalue weighted by Crippen LogP contribution is 2.27. The van der Waals surface area contributed by atoms with E-state index < -0.39 is 68.5 Å². The zero-order valence-electron chi connectivity index (χ0n) is 11.7. The van der Waals surface area contributed by atoms with E-state index in [1.54, 1.807) is 0 Å². The fourth-order valence-electron chi connectivity index (χ4n) is 2.48. The lowest BCUT2D eigenvalue weighted by molar-refractivity contribution is -0.358. The average Bonchev–Trinajstić information content (AvgIpc) is 2.51. The number of aliphatic hydroxyl groups is 7. The molecule has 9 atom stereocenters. The van der Waals surface area contributed by atoms with Crippen LogP contribution in [0.3, 0.4) is 0 Å². The molecule has 0 aromatic heterocycles. The zero-order chi connectivity index (χ0) is 16.4. The molecule has 2 fully saturated rings. The largest absolute Gasteiger partial charge is 0.394 e. The van der Waals surface area contributed by atoms with Crippen LogP contribution in [0.15, 0.2) is 0 Å². The summed E-state index contributed by atoms with van der Waals surface area (Å²) >= 11 is 0. The molecule has 0 bridgehead atoms. The Morgan fingerprint density at radius 3 is 1.95 bits per heavy atom. The normalized spacial score (nSPS) is 50.0. The van der Waals surface area contributed by atoms with Gasteiger partial charge >= 0.3 is 0 Å². The Bertz CT molecular complexity index is 353. The van der Waals surface area contributed by atoms with Gasteiger partial charge in [0.05, 0.1) is 19.3 Å². The van der Waals surface area contributed by atoms with Gasteiger partial charge in [0.25, 0.3) is 0 Å². The molecule has 0 amide bonds. The van der Waals surface area contributed by atoms with Gasteiger partial charge in [-0.3, -0.25) is 0 Å². The van der Waals surface area contributed by atoms with E-state index in [0.717, 1.165) is 0 Å². The predicted molar refractivity (Wildman–Crippen MR) is 67.2 cm³/mol. The van der Waals surface area contributed by atoms with Crippen molar-refractivity contribution >= 4 is 0 Å². The molecule has 0 aromatic rings. The van der Waals surface area contributed by atoms with Crippen molar-refractivity contribution in [3.8, 4) is 0 Å². The monoisotopic (exact) mass is 326 g/mol. The van der Waals surface area contributed by atoms with Crippen LogP contribution in [0.1, 0.15) is 6.42 Å². The van der Waals surface area contributed by atoms with E-state index in [1.165, 1.54) is 0 Å². The maximum atomic E-state index is 9.83. The predicted octanol–water partition coefficient (Wildman–Crippen LogP) is -4.37. The first-order valence-electron chi connectivity index (χ1n) is 6.97. The van der Waals surface area contributed by atoms with Gasteiger partial charge < -0.3 is 50.0 Å². The van der Waals surface area contributed by atoms with Crippen LogP contribution in [0.25, 0.3) is 0 Å². The van der Waals surface area contributed by atoms with Gasteiger partial charge in [0.1, 0.15) is 36.6 Å². The summed E-state index contributed by atoms with van der Waals surface area (Å²) in [5, 5.41) is 66.6. The molecule has 10 heteroatoms. The second-order valence-electron chi connectivity index (χ2n) is 5.41. The van der Waals surface area contributed by atoms with Crippen LogP contribution in [0, 0.1) is 0 Å². The first kappa shape index (κ1) is 17.9. The lowest BCUT2D eigenvalue weighted by Gasteiger charge is -2.43. The average molecular weight is 326 g/mol. The SMILES string of the molecule is OCC1O[C@H](O[C@@H]2CC(O)[C@H](O)C(CO)O2)C(O)C(O)[C@@H]1O. The number of hydrogen-bond donors (Lipinski definition) is 7. The van der Waals surface area contributed by atoms with E-state index in [9.17, 15) is 25.5 Å². The van der Waals surface area contributed by atoms with Crippen LogP contribution >= 0.6 is 0 Å². The summed E-state index contributed by atoms with van der Waals surface area (Å²) in [6.45, 7) is -1.15. The lowest BCUT2D eigenvalue weighted by Crippen LogP contribution is -2.60. The molecule has 0 spiro atoms. The van der Waals surface area contributed by atoms with Crippen molar-refractivity contribution in [3.63, 3.8) is 0 Å². The van der Waals surface area contributed by atoms with Crippen molar-refractivity contribution in [2.24, 2.45) is 0 Å². The molecule has 5 unspecified atom stereocenters. The molecular weight excluding hydrogens is 304 g/mol. The Kier molecular flexibility index (Phi) is 6.07. The van der Waals surface area contributed by atoms with Gasteiger partial charge in [-0.05, 0) is 0 Å². The van der Waals surface area contributed by atoms with Gasteiger partial charge in [-0.25, -0.2) is 0 Å². The summed E-state index contributed by atoms with van der Waals surface area (Å²) in [5.41, 5.74) is 0. The minimum atomic E-state index is -1.60. The van der Waals surface area contributed by atoms with Crippen LogP contribution < -0.4 is 0 Å². The third-order valence-electron chi connectivity index (χ3n) is 3.85. The number of ether oxygens (including phenoxy) is 3. The van der Waals surface area contributed by atoms with E-state index in [2.05, 4.69) is 0 Å². The second kappa shape index (κ2) is 7.45. The summed E-state index contributed by atoms with van der Waals surface area (Å²) < 4.78 is 15.7. The second-order valence-corrected chi connectivity index (χ2v) is 5.41. The van der Waals surface area contributed by atoms with Crippen molar-refractivity contribution in [1.29, 1.82) is 0 Å². The van der Waals surface area contributed by atoms with Gasteiger partial charge in [-0.2, -0.15) is 0 Å². The Morgan fingerprint density at radius 1 is 0.773 bits per heavy atom. The highest BCUT2D eigenvalue weighted by molar-refractivity contribution is 4.90. The molecule has 0 aliphatic carbocycles. The van der Waals surface area contributed by atoms with Gasteiger partial charge in [-0.15, -0.1) is 0 Å². The summed E-state index contributed by atoms with van der Waals surface area (Å²) in [7, 11) is 0. The van der Waals surface area contributed by atoms with E-state index >= 15 is 0 Å². The number of rotatable bonds is 4. The highest BCUT2D eigenvalue weighted by atomic mass is 16.8. The Labute approximate surface area is 126 Å². The van der Waals surface area contributed by atoms with E-state index in [0.29, 0.717) is 0 Å². The molecular formula is C12H22O10. The Balaban J connectivity index is 2.00. The zero-order valence-corrected chi connectivity index (χ0v) is 11.7. The Morgan fingerprint density at radius 2 is 1.36 bits per heavy atom. The first-order valence-corrected chi connectivity index (χ1v) is 6.97. The van der Waals surface area contributed by atoms with Crippen LogP contribution in [0.2, 0.25) is 0 Å². The molecule has 2 saturated heterocycles. The fourth-order valence-corrected chi connectivity index (χ4v) is 2.48. The molecule has 0 saturated carbocycles. The summed E-state index contributed by atoms with van der Waals surface area (Å²) in [4.78, 5) is 0. The fraction of sp³-hybridized carbons (Fsp3) is 1.00. The quantitative estimate of drug-likeness (QED) is 0.268. The van der Waals surface area contributed by atoms with Crippen molar-refractivity contribution in [2.75, 3.05) is 13.2 Å². The highest BCUT2D eigenvalue weighted by Gasteiger charge is 2.46. The topological polar surface area (TPSA) is 169 Å². The van der Waals surface area contributed by atoms with E-state index in [1.807, 2.05) is 0 Å². The molecule has 2 aliphatic heterocycles. The molecule has 0 radical (unpaired) electrons. The third-order valence-corrected chi connectivity index (χ3v) is 3.85. The molecule has 130 valence electrons. The Hall–Kier alpha value is -0.400. The van der Waals surface area contributed by atoms with Gasteiger partial charge in [0.15, 0.2) is 12.6 Å². The van der Waals surface area contributed by atoms with Gasteiger partial charge in [0, 0.05) is 6.42 Å². The molecule has 10 nitrogen and oxygen atoms in total. The molecule has 2 aliphatic rings. The van der Waals surface area contributed by atoms with Crippen molar-refractivity contribution in [1.82, 2.24) is 0 Å². The van der Waals surface area contributed by atoms with Crippen LogP contribution in [-0.2, 0) is 14.2 Å². The van der Waals surface area contributed by atoms with Crippen LogP contribution in [-0.4, -0.2) is 104 Å². The van der Waals surface area contributed by atoms with Crippen LogP contribution in [0.4, 0.5) is 0 Å². The minimum Gasteiger partial charge on any atom is -0.394 e. The first-order chi connectivity index (χ1) is 10.4.